The smallest absolute Gasteiger partial charge is 0.240 e. The second kappa shape index (κ2) is 6.40. The van der Waals surface area contributed by atoms with E-state index in [2.05, 4.69) is 19.2 Å². The fourth-order valence-corrected chi connectivity index (χ4v) is 1.44. The number of nitrogens with one attached hydrogen (secondary N) is 1. The SMILES string of the molecule is CCC(C)NCC(=O)N(C)c1ccc(C)cc1. The molecule has 94 valence electrons. The summed E-state index contributed by atoms with van der Waals surface area (Å²) in [5.41, 5.74) is 2.14. The predicted molar refractivity (Wildman–Crippen MR) is 72.3 cm³/mol. The minimum absolute atomic E-state index is 0.0918. The highest BCUT2D eigenvalue weighted by atomic mass is 16.2. The highest BCUT2D eigenvalue weighted by molar-refractivity contribution is 5.94. The van der Waals surface area contributed by atoms with Gasteiger partial charge in [-0.2, -0.15) is 0 Å². The van der Waals surface area contributed by atoms with Crippen molar-refractivity contribution in [3.63, 3.8) is 0 Å². The summed E-state index contributed by atoms with van der Waals surface area (Å²) in [6.07, 6.45) is 1.03. The lowest BCUT2D eigenvalue weighted by atomic mass is 10.2. The van der Waals surface area contributed by atoms with Gasteiger partial charge in [0.2, 0.25) is 5.91 Å². The summed E-state index contributed by atoms with van der Waals surface area (Å²) in [5, 5.41) is 3.20. The topological polar surface area (TPSA) is 32.3 Å². The van der Waals surface area contributed by atoms with E-state index in [-0.39, 0.29) is 5.91 Å². The number of anilines is 1. The first-order valence-corrected chi connectivity index (χ1v) is 6.11. The molecule has 0 spiro atoms. The molecule has 1 N–H and O–H groups in total. The normalized spacial score (nSPS) is 12.2. The Labute approximate surface area is 104 Å². The quantitative estimate of drug-likeness (QED) is 0.848. The third kappa shape index (κ3) is 4.19. The third-order valence-electron chi connectivity index (χ3n) is 3.01. The Hall–Kier alpha value is -1.35. The molecule has 0 heterocycles. The average molecular weight is 234 g/mol. The van der Waals surface area contributed by atoms with Gasteiger partial charge in [-0.1, -0.05) is 24.6 Å². The number of hydrogen-bond acceptors (Lipinski definition) is 2. The van der Waals surface area contributed by atoms with Crippen LogP contribution in [-0.4, -0.2) is 25.5 Å². The Bertz CT molecular complexity index is 359. The lowest BCUT2D eigenvalue weighted by Gasteiger charge is -2.19. The molecular weight excluding hydrogens is 212 g/mol. The molecule has 1 rings (SSSR count). The number of likely N-dealkylation sites (N-methyl/N-ethyl adjacent to an activating group) is 1. The van der Waals surface area contributed by atoms with Gasteiger partial charge in [-0.05, 0) is 32.4 Å². The van der Waals surface area contributed by atoms with Crippen LogP contribution >= 0.6 is 0 Å². The molecule has 0 saturated heterocycles. The van der Waals surface area contributed by atoms with Crippen LogP contribution in [0.3, 0.4) is 0 Å². The second-order valence-corrected chi connectivity index (χ2v) is 4.48. The number of rotatable bonds is 5. The van der Waals surface area contributed by atoms with Crippen LogP contribution in [0, 0.1) is 6.92 Å². The maximum absolute atomic E-state index is 11.9. The van der Waals surface area contributed by atoms with Crippen molar-refractivity contribution < 1.29 is 4.79 Å². The first-order valence-electron chi connectivity index (χ1n) is 6.11. The lowest BCUT2D eigenvalue weighted by molar-refractivity contribution is -0.117. The Morgan fingerprint density at radius 1 is 1.35 bits per heavy atom. The maximum atomic E-state index is 11.9. The molecule has 0 aromatic heterocycles. The minimum Gasteiger partial charge on any atom is -0.314 e. The first-order chi connectivity index (χ1) is 8.04. The van der Waals surface area contributed by atoms with E-state index < -0.39 is 0 Å². The number of aryl methyl sites for hydroxylation is 1. The number of carbonyl (C=O) groups excluding carboxylic acids is 1. The monoisotopic (exact) mass is 234 g/mol. The van der Waals surface area contributed by atoms with Gasteiger partial charge in [-0.25, -0.2) is 0 Å². The van der Waals surface area contributed by atoms with Crippen molar-refractivity contribution in [1.29, 1.82) is 0 Å². The van der Waals surface area contributed by atoms with Gasteiger partial charge >= 0.3 is 0 Å². The van der Waals surface area contributed by atoms with Gasteiger partial charge in [0.1, 0.15) is 0 Å². The Morgan fingerprint density at radius 3 is 2.47 bits per heavy atom. The van der Waals surface area contributed by atoms with Gasteiger partial charge in [-0.3, -0.25) is 4.79 Å². The molecule has 0 bridgehead atoms. The van der Waals surface area contributed by atoms with Crippen molar-refractivity contribution in [2.24, 2.45) is 0 Å². The largest absolute Gasteiger partial charge is 0.314 e. The molecule has 0 aliphatic heterocycles. The van der Waals surface area contributed by atoms with Crippen molar-refractivity contribution in [3.05, 3.63) is 29.8 Å². The van der Waals surface area contributed by atoms with Crippen LogP contribution in [0.5, 0.6) is 0 Å². The van der Waals surface area contributed by atoms with Gasteiger partial charge in [0, 0.05) is 18.8 Å². The zero-order valence-electron chi connectivity index (χ0n) is 11.2. The van der Waals surface area contributed by atoms with E-state index in [4.69, 9.17) is 0 Å². The van der Waals surface area contributed by atoms with Gasteiger partial charge in [0.05, 0.1) is 6.54 Å². The molecule has 3 nitrogen and oxygen atoms in total. The maximum Gasteiger partial charge on any atom is 0.240 e. The Morgan fingerprint density at radius 2 is 1.94 bits per heavy atom. The van der Waals surface area contributed by atoms with Crippen LogP contribution in [0.25, 0.3) is 0 Å². The van der Waals surface area contributed by atoms with Crippen molar-refractivity contribution in [3.8, 4) is 0 Å². The molecule has 3 heteroatoms. The van der Waals surface area contributed by atoms with Crippen LogP contribution in [0.15, 0.2) is 24.3 Å². The molecule has 0 aliphatic rings. The van der Waals surface area contributed by atoms with Crippen LogP contribution < -0.4 is 10.2 Å². The molecule has 17 heavy (non-hydrogen) atoms. The summed E-state index contributed by atoms with van der Waals surface area (Å²) < 4.78 is 0. The number of nitrogens with zero attached hydrogens (tertiary/aromatic N) is 1. The van der Waals surface area contributed by atoms with Crippen LogP contribution in [0.1, 0.15) is 25.8 Å². The summed E-state index contributed by atoms with van der Waals surface area (Å²) in [5.74, 6) is 0.0918. The number of amides is 1. The standard InChI is InChI=1S/C14H22N2O/c1-5-12(3)15-10-14(17)16(4)13-8-6-11(2)7-9-13/h6-9,12,15H,5,10H2,1-4H3. The molecule has 0 fully saturated rings. The Balaban J connectivity index is 2.54. The van der Waals surface area contributed by atoms with E-state index in [9.17, 15) is 4.79 Å². The van der Waals surface area contributed by atoms with E-state index in [1.807, 2.05) is 38.2 Å². The highest BCUT2D eigenvalue weighted by Crippen LogP contribution is 2.13. The summed E-state index contributed by atoms with van der Waals surface area (Å²) in [4.78, 5) is 13.6. The zero-order chi connectivity index (χ0) is 12.8. The fourth-order valence-electron chi connectivity index (χ4n) is 1.44. The van der Waals surface area contributed by atoms with E-state index >= 15 is 0 Å². The summed E-state index contributed by atoms with van der Waals surface area (Å²) in [6.45, 7) is 6.61. The van der Waals surface area contributed by atoms with Gasteiger partial charge in [0.15, 0.2) is 0 Å². The summed E-state index contributed by atoms with van der Waals surface area (Å²) in [6, 6.07) is 8.35. The number of carbonyl (C=O) groups is 1. The summed E-state index contributed by atoms with van der Waals surface area (Å²) in [7, 11) is 1.81. The average Bonchev–Trinajstić information content (AvgIpc) is 2.35. The lowest BCUT2D eigenvalue weighted by Crippen LogP contribution is -2.38. The van der Waals surface area contributed by atoms with E-state index in [1.54, 1.807) is 4.90 Å². The third-order valence-corrected chi connectivity index (χ3v) is 3.01. The highest BCUT2D eigenvalue weighted by Gasteiger charge is 2.11. The molecule has 0 aliphatic carbocycles. The van der Waals surface area contributed by atoms with Gasteiger partial charge in [0.25, 0.3) is 0 Å². The van der Waals surface area contributed by atoms with E-state index in [1.165, 1.54) is 5.56 Å². The molecule has 0 radical (unpaired) electrons. The molecule has 1 aromatic rings. The molecule has 1 aromatic carbocycles. The fraction of sp³-hybridized carbons (Fsp3) is 0.500. The van der Waals surface area contributed by atoms with Gasteiger partial charge in [-0.15, -0.1) is 0 Å². The second-order valence-electron chi connectivity index (χ2n) is 4.48. The molecular formula is C14H22N2O. The zero-order valence-corrected chi connectivity index (χ0v) is 11.2. The van der Waals surface area contributed by atoms with Crippen molar-refractivity contribution in [2.45, 2.75) is 33.2 Å². The van der Waals surface area contributed by atoms with Crippen molar-refractivity contribution in [2.75, 3.05) is 18.5 Å². The number of hydrogen-bond donors (Lipinski definition) is 1. The Kier molecular flexibility index (Phi) is 5.16. The van der Waals surface area contributed by atoms with Gasteiger partial charge < -0.3 is 10.2 Å². The molecule has 0 saturated carbocycles. The molecule has 1 amide bonds. The molecule has 1 unspecified atom stereocenters. The first kappa shape index (κ1) is 13.7. The van der Waals surface area contributed by atoms with Crippen LogP contribution in [0.2, 0.25) is 0 Å². The van der Waals surface area contributed by atoms with E-state index in [0.717, 1.165) is 12.1 Å². The van der Waals surface area contributed by atoms with Crippen molar-refractivity contribution in [1.82, 2.24) is 5.32 Å². The van der Waals surface area contributed by atoms with Crippen LogP contribution in [-0.2, 0) is 4.79 Å². The summed E-state index contributed by atoms with van der Waals surface area (Å²) >= 11 is 0. The minimum atomic E-state index is 0.0918. The van der Waals surface area contributed by atoms with Crippen molar-refractivity contribution >= 4 is 11.6 Å². The van der Waals surface area contributed by atoms with E-state index in [0.29, 0.717) is 12.6 Å². The predicted octanol–water partition coefficient (Wildman–Crippen LogP) is 2.35. The van der Waals surface area contributed by atoms with Crippen LogP contribution in [0.4, 0.5) is 5.69 Å². The molecule has 1 atom stereocenters. The number of benzene rings is 1.